The van der Waals surface area contributed by atoms with E-state index in [1.165, 1.54) is 6.07 Å². The molecule has 41 heavy (non-hydrogen) atoms. The molecule has 3 aromatic carbocycles. The summed E-state index contributed by atoms with van der Waals surface area (Å²) in [7, 11) is 0. The molecule has 1 amide bonds. The molecule has 0 spiro atoms. The molecule has 0 N–H and O–H groups in total. The van der Waals surface area contributed by atoms with Gasteiger partial charge in [0.05, 0.1) is 11.7 Å². The number of fused-ring (bicyclic) bond motifs is 1. The highest BCUT2D eigenvalue weighted by atomic mass is 35.5. The van der Waals surface area contributed by atoms with Crippen LogP contribution in [0.1, 0.15) is 33.4 Å². The number of hydrogen-bond acceptors (Lipinski definition) is 4. The molecule has 1 saturated heterocycles. The lowest BCUT2D eigenvalue weighted by atomic mass is 9.96. The van der Waals surface area contributed by atoms with Gasteiger partial charge in [-0.25, -0.2) is 9.50 Å². The Balaban J connectivity index is 1.26. The Labute approximate surface area is 239 Å². The van der Waals surface area contributed by atoms with E-state index in [0.717, 1.165) is 17.2 Å². The van der Waals surface area contributed by atoms with E-state index in [4.69, 9.17) is 11.6 Å². The van der Waals surface area contributed by atoms with Crippen molar-refractivity contribution in [3.8, 4) is 11.3 Å². The Hall–Kier alpha value is -4.21. The third-order valence-electron chi connectivity index (χ3n) is 7.27. The van der Waals surface area contributed by atoms with Crippen molar-refractivity contribution < 1.29 is 18.0 Å². The molecule has 0 bridgehead atoms. The number of aromatic nitrogens is 3. The second kappa shape index (κ2) is 11.0. The zero-order chi connectivity index (χ0) is 28.6. The number of alkyl halides is 3. The molecule has 208 valence electrons. The average molecular weight is 576 g/mol. The Morgan fingerprint density at radius 1 is 0.805 bits per heavy atom. The van der Waals surface area contributed by atoms with Gasteiger partial charge in [-0.2, -0.15) is 18.3 Å². The lowest BCUT2D eigenvalue weighted by Crippen LogP contribution is -2.50. The zero-order valence-corrected chi connectivity index (χ0v) is 22.6. The van der Waals surface area contributed by atoms with Crippen molar-refractivity contribution in [2.45, 2.75) is 12.2 Å². The molecule has 0 radical (unpaired) electrons. The van der Waals surface area contributed by atoms with E-state index in [-0.39, 0.29) is 23.1 Å². The molecule has 1 aliphatic rings. The zero-order valence-electron chi connectivity index (χ0n) is 21.8. The number of amides is 1. The summed E-state index contributed by atoms with van der Waals surface area (Å²) >= 11 is 5.94. The van der Waals surface area contributed by atoms with Crippen LogP contribution in [0.3, 0.4) is 0 Å². The minimum atomic E-state index is -4.70. The normalized spacial score (nSPS) is 14.6. The number of carbonyl (C=O) groups is 1. The number of halogens is 4. The first kappa shape index (κ1) is 27.0. The van der Waals surface area contributed by atoms with Crippen molar-refractivity contribution in [3.63, 3.8) is 0 Å². The molecule has 2 aromatic heterocycles. The van der Waals surface area contributed by atoms with Gasteiger partial charge in [-0.05, 0) is 29.3 Å². The van der Waals surface area contributed by atoms with E-state index in [2.05, 4.69) is 39.2 Å². The highest BCUT2D eigenvalue weighted by molar-refractivity contribution is 6.30. The van der Waals surface area contributed by atoms with Gasteiger partial charge < -0.3 is 4.90 Å². The molecular weight excluding hydrogens is 551 g/mol. The first-order valence-electron chi connectivity index (χ1n) is 13.1. The van der Waals surface area contributed by atoms with Crippen LogP contribution in [0.15, 0.2) is 97.1 Å². The van der Waals surface area contributed by atoms with Gasteiger partial charge in [0.25, 0.3) is 5.91 Å². The summed E-state index contributed by atoms with van der Waals surface area (Å²) in [6, 6.07) is 29.0. The minimum absolute atomic E-state index is 0.0229. The van der Waals surface area contributed by atoms with Gasteiger partial charge in [0.1, 0.15) is 0 Å². The van der Waals surface area contributed by atoms with Crippen LogP contribution in [0.4, 0.5) is 13.2 Å². The van der Waals surface area contributed by atoms with E-state index in [1.54, 1.807) is 29.2 Å². The van der Waals surface area contributed by atoms with Crippen LogP contribution in [0.5, 0.6) is 0 Å². The average Bonchev–Trinajstić information content (AvgIpc) is 3.42. The number of hydrogen-bond donors (Lipinski definition) is 0. The second-order valence-electron chi connectivity index (χ2n) is 9.88. The monoisotopic (exact) mass is 575 g/mol. The van der Waals surface area contributed by atoms with Crippen LogP contribution in [-0.2, 0) is 6.18 Å². The van der Waals surface area contributed by atoms with Crippen LogP contribution in [0, 0.1) is 0 Å². The summed E-state index contributed by atoms with van der Waals surface area (Å²) in [5.41, 5.74) is 1.75. The topological polar surface area (TPSA) is 53.7 Å². The fraction of sp³-hybridized carbons (Fsp3) is 0.194. The van der Waals surface area contributed by atoms with Crippen LogP contribution in [0.2, 0.25) is 5.02 Å². The Kier molecular flexibility index (Phi) is 7.23. The number of nitrogens with zero attached hydrogens (tertiary/aromatic N) is 5. The van der Waals surface area contributed by atoms with Gasteiger partial charge in [0, 0.05) is 42.8 Å². The largest absolute Gasteiger partial charge is 0.433 e. The molecule has 5 aromatic rings. The number of rotatable bonds is 5. The molecule has 0 atom stereocenters. The molecule has 3 heterocycles. The highest BCUT2D eigenvalue weighted by Gasteiger charge is 2.36. The second-order valence-corrected chi connectivity index (χ2v) is 10.3. The molecule has 0 saturated carbocycles. The first-order valence-corrected chi connectivity index (χ1v) is 13.5. The first-order chi connectivity index (χ1) is 19.8. The predicted octanol–water partition coefficient (Wildman–Crippen LogP) is 6.62. The summed E-state index contributed by atoms with van der Waals surface area (Å²) < 4.78 is 42.8. The third kappa shape index (κ3) is 5.55. The molecule has 1 aliphatic heterocycles. The van der Waals surface area contributed by atoms with Gasteiger partial charge in [0.15, 0.2) is 17.0 Å². The molecule has 6 nitrogen and oxygen atoms in total. The van der Waals surface area contributed by atoms with Crippen molar-refractivity contribution in [2.24, 2.45) is 0 Å². The maximum Gasteiger partial charge on any atom is 0.433 e. The summed E-state index contributed by atoms with van der Waals surface area (Å²) in [5, 5.41) is 4.52. The van der Waals surface area contributed by atoms with E-state index >= 15 is 0 Å². The van der Waals surface area contributed by atoms with Gasteiger partial charge >= 0.3 is 6.18 Å². The van der Waals surface area contributed by atoms with E-state index < -0.39 is 17.8 Å². The highest BCUT2D eigenvalue weighted by Crippen LogP contribution is 2.33. The fourth-order valence-corrected chi connectivity index (χ4v) is 5.41. The Bertz CT molecular complexity index is 1630. The molecule has 0 aliphatic carbocycles. The maximum absolute atomic E-state index is 14.0. The van der Waals surface area contributed by atoms with E-state index in [0.29, 0.717) is 41.3 Å². The fourth-order valence-electron chi connectivity index (χ4n) is 5.28. The lowest BCUT2D eigenvalue weighted by Gasteiger charge is -2.39. The van der Waals surface area contributed by atoms with Crippen molar-refractivity contribution in [1.29, 1.82) is 0 Å². The number of piperazine rings is 1. The lowest BCUT2D eigenvalue weighted by molar-refractivity contribution is -0.142. The maximum atomic E-state index is 14.0. The minimum Gasteiger partial charge on any atom is -0.335 e. The predicted molar refractivity (Wildman–Crippen MR) is 151 cm³/mol. The van der Waals surface area contributed by atoms with Crippen LogP contribution in [-0.4, -0.2) is 56.5 Å². The van der Waals surface area contributed by atoms with Gasteiger partial charge in [-0.1, -0.05) is 84.4 Å². The molecule has 6 rings (SSSR count). The SMILES string of the molecule is O=C(c1cc2nc(-c3ccc(Cl)cc3)cc(C(F)(F)F)n2n1)N1CCN(C(c2ccccc2)c2ccccc2)CC1. The summed E-state index contributed by atoms with van der Waals surface area (Å²) in [6.45, 7) is 2.03. The van der Waals surface area contributed by atoms with Gasteiger partial charge in [0.2, 0.25) is 0 Å². The number of carbonyl (C=O) groups excluding carboxylic acids is 1. The van der Waals surface area contributed by atoms with Gasteiger partial charge in [-0.3, -0.25) is 9.69 Å². The van der Waals surface area contributed by atoms with Crippen LogP contribution in [0.25, 0.3) is 16.9 Å². The standard InChI is InChI=1S/C31H25ClF3N5O/c32-24-13-11-21(12-14-24)25-19-27(31(33,34)35)40-28(36-25)20-26(37-40)30(41)39-17-15-38(16-18-39)29(22-7-3-1-4-8-22)23-9-5-2-6-10-23/h1-14,19-20,29H,15-18H2. The van der Waals surface area contributed by atoms with E-state index in [9.17, 15) is 18.0 Å². The van der Waals surface area contributed by atoms with Crippen molar-refractivity contribution in [2.75, 3.05) is 26.2 Å². The van der Waals surface area contributed by atoms with Crippen molar-refractivity contribution in [3.05, 3.63) is 125 Å². The van der Waals surface area contributed by atoms with E-state index in [1.807, 2.05) is 36.4 Å². The summed E-state index contributed by atoms with van der Waals surface area (Å²) in [5.74, 6) is -0.424. The molecule has 0 unspecified atom stereocenters. The van der Waals surface area contributed by atoms with Gasteiger partial charge in [-0.15, -0.1) is 0 Å². The third-order valence-corrected chi connectivity index (χ3v) is 7.53. The molecule has 1 fully saturated rings. The van der Waals surface area contributed by atoms with Crippen molar-refractivity contribution >= 4 is 23.2 Å². The van der Waals surface area contributed by atoms with Crippen molar-refractivity contribution in [1.82, 2.24) is 24.4 Å². The van der Waals surface area contributed by atoms with Crippen LogP contribution < -0.4 is 0 Å². The smallest absolute Gasteiger partial charge is 0.335 e. The quantitative estimate of drug-likeness (QED) is 0.236. The van der Waals surface area contributed by atoms with Crippen LogP contribution >= 0.6 is 11.6 Å². The Morgan fingerprint density at radius 3 is 1.95 bits per heavy atom. The Morgan fingerprint density at radius 2 is 1.39 bits per heavy atom. The molecular formula is C31H25ClF3N5O. The summed E-state index contributed by atoms with van der Waals surface area (Å²) in [6.07, 6.45) is -4.70. The number of benzene rings is 3. The molecule has 10 heteroatoms. The summed E-state index contributed by atoms with van der Waals surface area (Å²) in [4.78, 5) is 21.8.